The van der Waals surface area contributed by atoms with Gasteiger partial charge < -0.3 is 5.73 Å². The average molecular weight is 219 g/mol. The molecule has 1 aromatic heterocycles. The molecule has 3 heteroatoms. The molecule has 1 aromatic carbocycles. The van der Waals surface area contributed by atoms with E-state index in [2.05, 4.69) is 4.98 Å². The third-order valence-electron chi connectivity index (χ3n) is 2.28. The summed E-state index contributed by atoms with van der Waals surface area (Å²) < 4.78 is 0. The van der Waals surface area contributed by atoms with E-state index in [4.69, 9.17) is 17.3 Å². The van der Waals surface area contributed by atoms with Crippen molar-refractivity contribution in [2.75, 3.05) is 5.73 Å². The van der Waals surface area contributed by atoms with Crippen LogP contribution in [0.15, 0.2) is 36.5 Å². The smallest absolute Gasteiger partial charge is 0.0931 e. The minimum atomic E-state index is 0.664. The molecular weight excluding hydrogens is 208 g/mol. The highest BCUT2D eigenvalue weighted by Gasteiger charge is 2.04. The molecule has 0 saturated heterocycles. The normalized spacial score (nSPS) is 10.3. The third kappa shape index (κ3) is 1.95. The number of hydrogen-bond donors (Lipinski definition) is 1. The summed E-state index contributed by atoms with van der Waals surface area (Å²) in [5.41, 5.74) is 9.28. The highest BCUT2D eigenvalue weighted by molar-refractivity contribution is 6.31. The predicted molar refractivity (Wildman–Crippen MR) is 63.8 cm³/mol. The molecule has 0 unspecified atom stereocenters. The molecular formula is C12H11ClN2. The molecule has 0 aliphatic heterocycles. The highest BCUT2D eigenvalue weighted by atomic mass is 35.5. The zero-order valence-corrected chi connectivity index (χ0v) is 9.12. The number of pyridine rings is 1. The van der Waals surface area contributed by atoms with E-state index in [1.165, 1.54) is 0 Å². The average Bonchev–Trinajstić information content (AvgIpc) is 2.23. The Morgan fingerprint density at radius 2 is 2.07 bits per heavy atom. The Labute approximate surface area is 93.7 Å². The molecule has 0 atom stereocenters. The van der Waals surface area contributed by atoms with E-state index in [9.17, 15) is 0 Å². The van der Waals surface area contributed by atoms with Crippen molar-refractivity contribution in [1.29, 1.82) is 0 Å². The quantitative estimate of drug-likeness (QED) is 0.798. The molecule has 0 bridgehead atoms. The molecule has 0 radical (unpaired) electrons. The van der Waals surface area contributed by atoms with Crippen molar-refractivity contribution in [3.63, 3.8) is 0 Å². The molecule has 0 amide bonds. The van der Waals surface area contributed by atoms with Gasteiger partial charge in [0.15, 0.2) is 0 Å². The Morgan fingerprint density at radius 1 is 1.27 bits per heavy atom. The molecule has 2 rings (SSSR count). The standard InChI is InChI=1S/C12H11ClN2/c1-8-4-5-9(7-10(8)13)12-11(14)3-2-6-15-12/h2-7H,14H2,1H3. The number of nitrogens with zero attached hydrogens (tertiary/aromatic N) is 1. The van der Waals surface area contributed by atoms with Gasteiger partial charge in [-0.15, -0.1) is 0 Å². The molecule has 15 heavy (non-hydrogen) atoms. The number of hydrogen-bond acceptors (Lipinski definition) is 2. The van der Waals surface area contributed by atoms with E-state index in [0.717, 1.165) is 21.8 Å². The van der Waals surface area contributed by atoms with Crippen LogP contribution in [-0.4, -0.2) is 4.98 Å². The molecule has 2 nitrogen and oxygen atoms in total. The zero-order chi connectivity index (χ0) is 10.8. The van der Waals surface area contributed by atoms with Gasteiger partial charge in [0.1, 0.15) is 0 Å². The summed E-state index contributed by atoms with van der Waals surface area (Å²) in [7, 11) is 0. The third-order valence-corrected chi connectivity index (χ3v) is 2.69. The van der Waals surface area contributed by atoms with Crippen LogP contribution in [0.5, 0.6) is 0 Å². The number of aryl methyl sites for hydroxylation is 1. The van der Waals surface area contributed by atoms with Crippen LogP contribution in [0.1, 0.15) is 5.56 Å². The molecule has 2 N–H and O–H groups in total. The molecule has 1 heterocycles. The van der Waals surface area contributed by atoms with Crippen molar-refractivity contribution in [2.24, 2.45) is 0 Å². The van der Waals surface area contributed by atoms with E-state index >= 15 is 0 Å². The monoisotopic (exact) mass is 218 g/mol. The van der Waals surface area contributed by atoms with E-state index in [0.29, 0.717) is 5.69 Å². The van der Waals surface area contributed by atoms with E-state index in [1.54, 1.807) is 6.20 Å². The SMILES string of the molecule is Cc1ccc(-c2ncccc2N)cc1Cl. The number of nitrogen functional groups attached to an aromatic ring is 1. The molecule has 0 spiro atoms. The lowest BCUT2D eigenvalue weighted by atomic mass is 10.1. The summed E-state index contributed by atoms with van der Waals surface area (Å²) in [6, 6.07) is 9.46. The number of halogens is 1. The van der Waals surface area contributed by atoms with Crippen LogP contribution < -0.4 is 5.73 Å². The van der Waals surface area contributed by atoms with Crippen molar-refractivity contribution in [3.05, 3.63) is 47.1 Å². The Kier molecular flexibility index (Phi) is 2.60. The summed E-state index contributed by atoms with van der Waals surface area (Å²) in [5.74, 6) is 0. The first-order valence-electron chi connectivity index (χ1n) is 4.65. The number of rotatable bonds is 1. The maximum atomic E-state index is 6.05. The minimum Gasteiger partial charge on any atom is -0.397 e. The fourth-order valence-corrected chi connectivity index (χ4v) is 1.58. The fourth-order valence-electron chi connectivity index (χ4n) is 1.40. The summed E-state index contributed by atoms with van der Waals surface area (Å²) in [4.78, 5) is 4.24. The van der Waals surface area contributed by atoms with Gasteiger partial charge in [0.05, 0.1) is 11.4 Å². The topological polar surface area (TPSA) is 38.9 Å². The van der Waals surface area contributed by atoms with Crippen LogP contribution in [0.25, 0.3) is 11.3 Å². The second-order valence-corrected chi connectivity index (χ2v) is 3.81. The molecule has 0 aliphatic rings. The lowest BCUT2D eigenvalue weighted by Crippen LogP contribution is -1.92. The molecule has 0 aliphatic carbocycles. The van der Waals surface area contributed by atoms with Gasteiger partial charge in [-0.25, -0.2) is 0 Å². The van der Waals surface area contributed by atoms with Gasteiger partial charge >= 0.3 is 0 Å². The number of aromatic nitrogens is 1. The van der Waals surface area contributed by atoms with Crippen molar-refractivity contribution >= 4 is 17.3 Å². The van der Waals surface area contributed by atoms with Crippen molar-refractivity contribution in [1.82, 2.24) is 4.98 Å². The van der Waals surface area contributed by atoms with Gasteiger partial charge in [0.2, 0.25) is 0 Å². The van der Waals surface area contributed by atoms with Crippen LogP contribution in [0.3, 0.4) is 0 Å². The van der Waals surface area contributed by atoms with Crippen LogP contribution in [-0.2, 0) is 0 Å². The maximum absolute atomic E-state index is 6.05. The van der Waals surface area contributed by atoms with Crippen molar-refractivity contribution < 1.29 is 0 Å². The first-order chi connectivity index (χ1) is 7.18. The van der Waals surface area contributed by atoms with Gasteiger partial charge in [-0.05, 0) is 30.7 Å². The molecule has 0 fully saturated rings. The number of anilines is 1. The van der Waals surface area contributed by atoms with Crippen LogP contribution in [0.2, 0.25) is 5.02 Å². The minimum absolute atomic E-state index is 0.664. The second-order valence-electron chi connectivity index (χ2n) is 3.41. The van der Waals surface area contributed by atoms with Gasteiger partial charge in [-0.2, -0.15) is 0 Å². The van der Waals surface area contributed by atoms with Crippen LogP contribution in [0.4, 0.5) is 5.69 Å². The maximum Gasteiger partial charge on any atom is 0.0931 e. The first-order valence-corrected chi connectivity index (χ1v) is 5.03. The van der Waals surface area contributed by atoms with E-state index < -0.39 is 0 Å². The molecule has 2 aromatic rings. The summed E-state index contributed by atoms with van der Waals surface area (Å²) >= 11 is 6.05. The van der Waals surface area contributed by atoms with E-state index in [-0.39, 0.29) is 0 Å². The van der Waals surface area contributed by atoms with E-state index in [1.807, 2.05) is 37.3 Å². The molecule has 0 saturated carbocycles. The lowest BCUT2D eigenvalue weighted by molar-refractivity contribution is 1.32. The number of nitrogens with two attached hydrogens (primary N) is 1. The van der Waals surface area contributed by atoms with Crippen molar-refractivity contribution in [3.8, 4) is 11.3 Å². The largest absolute Gasteiger partial charge is 0.397 e. The first kappa shape index (κ1) is 9.99. The highest BCUT2D eigenvalue weighted by Crippen LogP contribution is 2.27. The predicted octanol–water partition coefficient (Wildman–Crippen LogP) is 3.29. The Bertz CT molecular complexity index is 495. The summed E-state index contributed by atoms with van der Waals surface area (Å²) in [5, 5.41) is 0.734. The summed E-state index contributed by atoms with van der Waals surface area (Å²) in [6.45, 7) is 1.97. The second kappa shape index (κ2) is 3.91. The van der Waals surface area contributed by atoms with Crippen LogP contribution in [0, 0.1) is 6.92 Å². The Balaban J connectivity index is 2.55. The zero-order valence-electron chi connectivity index (χ0n) is 8.37. The Morgan fingerprint density at radius 3 is 2.73 bits per heavy atom. The van der Waals surface area contributed by atoms with Crippen molar-refractivity contribution in [2.45, 2.75) is 6.92 Å². The number of benzene rings is 1. The van der Waals surface area contributed by atoms with Gasteiger partial charge in [-0.3, -0.25) is 4.98 Å². The van der Waals surface area contributed by atoms with Gasteiger partial charge in [-0.1, -0.05) is 23.7 Å². The lowest BCUT2D eigenvalue weighted by Gasteiger charge is -2.05. The van der Waals surface area contributed by atoms with Gasteiger partial charge in [0.25, 0.3) is 0 Å². The van der Waals surface area contributed by atoms with Crippen LogP contribution >= 0.6 is 11.6 Å². The Hall–Kier alpha value is -1.54. The van der Waals surface area contributed by atoms with Gasteiger partial charge in [0, 0.05) is 16.8 Å². The fraction of sp³-hybridized carbons (Fsp3) is 0.0833. The molecule has 76 valence electrons. The summed E-state index contributed by atoms with van der Waals surface area (Å²) in [6.07, 6.45) is 1.72.